The van der Waals surface area contributed by atoms with Crippen LogP contribution in [0.5, 0.6) is 0 Å². The Morgan fingerprint density at radius 3 is 2.56 bits per heavy atom. The molecule has 0 aromatic carbocycles. The number of amides is 1. The standard InChI is InChI=1S/C14H25N3O/c18-14-13(15-12-4-5-12)6-11-17(14)10-3-9-16-7-1-2-8-16/h12-13,15H,1-11H2. The topological polar surface area (TPSA) is 35.6 Å². The highest BCUT2D eigenvalue weighted by molar-refractivity contribution is 5.84. The fraction of sp³-hybridized carbons (Fsp3) is 0.929. The lowest BCUT2D eigenvalue weighted by atomic mass is 10.2. The summed E-state index contributed by atoms with van der Waals surface area (Å²) in [5.74, 6) is 0.350. The predicted molar refractivity (Wildman–Crippen MR) is 71.4 cm³/mol. The van der Waals surface area contributed by atoms with Crippen LogP contribution in [0.3, 0.4) is 0 Å². The number of hydrogen-bond donors (Lipinski definition) is 1. The van der Waals surface area contributed by atoms with E-state index in [-0.39, 0.29) is 6.04 Å². The molecular weight excluding hydrogens is 226 g/mol. The van der Waals surface area contributed by atoms with Gasteiger partial charge in [-0.2, -0.15) is 0 Å². The lowest BCUT2D eigenvalue weighted by molar-refractivity contribution is -0.129. The molecule has 1 aliphatic carbocycles. The monoisotopic (exact) mass is 251 g/mol. The maximum atomic E-state index is 12.1. The van der Waals surface area contributed by atoms with Crippen molar-refractivity contribution >= 4 is 5.91 Å². The third-order valence-electron chi connectivity index (χ3n) is 4.41. The molecule has 102 valence electrons. The van der Waals surface area contributed by atoms with Crippen LogP contribution < -0.4 is 5.32 Å². The second kappa shape index (κ2) is 5.57. The summed E-state index contributed by atoms with van der Waals surface area (Å²) < 4.78 is 0. The summed E-state index contributed by atoms with van der Waals surface area (Å²) in [5.41, 5.74) is 0. The van der Waals surface area contributed by atoms with Crippen LogP contribution in [-0.4, -0.2) is 60.5 Å². The maximum absolute atomic E-state index is 12.1. The van der Waals surface area contributed by atoms with Gasteiger partial charge in [0, 0.05) is 19.1 Å². The molecule has 1 saturated carbocycles. The predicted octanol–water partition coefficient (Wildman–Crippen LogP) is 0.825. The molecule has 1 N–H and O–H groups in total. The second-order valence-electron chi connectivity index (χ2n) is 6.01. The molecule has 2 saturated heterocycles. The lowest BCUT2D eigenvalue weighted by Gasteiger charge is -2.19. The number of rotatable bonds is 6. The highest BCUT2D eigenvalue weighted by atomic mass is 16.2. The minimum atomic E-state index is 0.129. The van der Waals surface area contributed by atoms with Crippen molar-refractivity contribution < 1.29 is 4.79 Å². The summed E-state index contributed by atoms with van der Waals surface area (Å²) in [6.07, 6.45) is 7.39. The van der Waals surface area contributed by atoms with Crippen molar-refractivity contribution in [1.82, 2.24) is 15.1 Å². The molecule has 4 nitrogen and oxygen atoms in total. The van der Waals surface area contributed by atoms with Crippen LogP contribution in [0, 0.1) is 0 Å². The average Bonchev–Trinajstić information content (AvgIpc) is 2.91. The van der Waals surface area contributed by atoms with Crippen LogP contribution >= 0.6 is 0 Å². The summed E-state index contributed by atoms with van der Waals surface area (Å²) in [7, 11) is 0. The number of likely N-dealkylation sites (tertiary alicyclic amines) is 2. The third kappa shape index (κ3) is 3.04. The Balaban J connectivity index is 1.36. The van der Waals surface area contributed by atoms with Crippen LogP contribution in [0.25, 0.3) is 0 Å². The zero-order valence-corrected chi connectivity index (χ0v) is 11.2. The van der Waals surface area contributed by atoms with Crippen LogP contribution in [-0.2, 0) is 4.79 Å². The van der Waals surface area contributed by atoms with Gasteiger partial charge in [-0.1, -0.05) is 0 Å². The molecule has 3 aliphatic rings. The van der Waals surface area contributed by atoms with Crippen LogP contribution in [0.2, 0.25) is 0 Å². The van der Waals surface area contributed by atoms with Gasteiger partial charge in [0.1, 0.15) is 0 Å². The number of carbonyl (C=O) groups is 1. The van der Waals surface area contributed by atoms with E-state index >= 15 is 0 Å². The minimum absolute atomic E-state index is 0.129. The van der Waals surface area contributed by atoms with Gasteiger partial charge in [0.2, 0.25) is 5.91 Å². The molecule has 3 fully saturated rings. The van der Waals surface area contributed by atoms with Gasteiger partial charge in [-0.15, -0.1) is 0 Å². The zero-order valence-electron chi connectivity index (χ0n) is 11.2. The van der Waals surface area contributed by atoms with E-state index in [2.05, 4.69) is 15.1 Å². The highest BCUT2D eigenvalue weighted by Crippen LogP contribution is 2.22. The molecule has 0 aromatic rings. The Morgan fingerprint density at radius 1 is 1.06 bits per heavy atom. The van der Waals surface area contributed by atoms with Crippen molar-refractivity contribution in [2.75, 3.05) is 32.7 Å². The number of hydrogen-bond acceptors (Lipinski definition) is 3. The molecule has 3 rings (SSSR count). The Kier molecular flexibility index (Phi) is 3.85. The number of carbonyl (C=O) groups excluding carboxylic acids is 1. The molecule has 2 heterocycles. The van der Waals surface area contributed by atoms with Gasteiger partial charge in [0.25, 0.3) is 0 Å². The summed E-state index contributed by atoms with van der Waals surface area (Å²) >= 11 is 0. The number of nitrogens with one attached hydrogen (secondary N) is 1. The second-order valence-corrected chi connectivity index (χ2v) is 6.01. The van der Waals surface area contributed by atoms with E-state index in [0.717, 1.165) is 25.9 Å². The van der Waals surface area contributed by atoms with E-state index in [1.165, 1.54) is 45.3 Å². The SMILES string of the molecule is O=C1C(NC2CC2)CCN1CCCN1CCCC1. The minimum Gasteiger partial charge on any atom is -0.341 e. The van der Waals surface area contributed by atoms with Gasteiger partial charge in [-0.05, 0) is 58.2 Å². The normalized spacial score (nSPS) is 29.4. The fourth-order valence-electron chi connectivity index (χ4n) is 3.14. The van der Waals surface area contributed by atoms with E-state index in [1.807, 2.05) is 0 Å². The Hall–Kier alpha value is -0.610. The Labute approximate surface area is 110 Å². The van der Waals surface area contributed by atoms with E-state index in [4.69, 9.17) is 0 Å². The fourth-order valence-corrected chi connectivity index (χ4v) is 3.14. The summed E-state index contributed by atoms with van der Waals surface area (Å²) in [6.45, 7) is 5.62. The van der Waals surface area contributed by atoms with Crippen molar-refractivity contribution in [2.45, 2.75) is 50.6 Å². The largest absolute Gasteiger partial charge is 0.341 e. The summed E-state index contributed by atoms with van der Waals surface area (Å²) in [6, 6.07) is 0.771. The molecule has 18 heavy (non-hydrogen) atoms. The van der Waals surface area contributed by atoms with Gasteiger partial charge >= 0.3 is 0 Å². The first kappa shape index (κ1) is 12.4. The smallest absolute Gasteiger partial charge is 0.239 e. The molecule has 1 amide bonds. The first-order chi connectivity index (χ1) is 8.83. The molecule has 2 aliphatic heterocycles. The lowest BCUT2D eigenvalue weighted by Crippen LogP contribution is -2.40. The first-order valence-corrected chi connectivity index (χ1v) is 7.60. The van der Waals surface area contributed by atoms with Crippen molar-refractivity contribution in [3.05, 3.63) is 0 Å². The molecule has 0 spiro atoms. The highest BCUT2D eigenvalue weighted by Gasteiger charge is 2.35. The number of nitrogens with zero attached hydrogens (tertiary/aromatic N) is 2. The van der Waals surface area contributed by atoms with E-state index < -0.39 is 0 Å². The summed E-state index contributed by atoms with van der Waals surface area (Å²) in [5, 5.41) is 3.46. The van der Waals surface area contributed by atoms with Crippen molar-refractivity contribution in [3.63, 3.8) is 0 Å². The summed E-state index contributed by atoms with van der Waals surface area (Å²) in [4.78, 5) is 16.7. The first-order valence-electron chi connectivity index (χ1n) is 7.60. The van der Waals surface area contributed by atoms with Crippen molar-refractivity contribution in [3.8, 4) is 0 Å². The molecular formula is C14H25N3O. The van der Waals surface area contributed by atoms with E-state index in [9.17, 15) is 4.79 Å². The molecule has 0 aromatic heterocycles. The van der Waals surface area contributed by atoms with Crippen LogP contribution in [0.4, 0.5) is 0 Å². The van der Waals surface area contributed by atoms with E-state index in [0.29, 0.717) is 11.9 Å². The van der Waals surface area contributed by atoms with Gasteiger partial charge in [0.05, 0.1) is 6.04 Å². The Morgan fingerprint density at radius 2 is 1.83 bits per heavy atom. The maximum Gasteiger partial charge on any atom is 0.239 e. The average molecular weight is 251 g/mol. The van der Waals surface area contributed by atoms with Gasteiger partial charge in [-0.3, -0.25) is 4.79 Å². The van der Waals surface area contributed by atoms with E-state index in [1.54, 1.807) is 0 Å². The zero-order chi connectivity index (χ0) is 12.4. The Bertz CT molecular complexity index is 297. The molecule has 0 bridgehead atoms. The van der Waals surface area contributed by atoms with Crippen molar-refractivity contribution in [1.29, 1.82) is 0 Å². The van der Waals surface area contributed by atoms with Gasteiger partial charge in [0.15, 0.2) is 0 Å². The molecule has 4 heteroatoms. The van der Waals surface area contributed by atoms with Gasteiger partial charge in [-0.25, -0.2) is 0 Å². The van der Waals surface area contributed by atoms with Crippen LogP contribution in [0.1, 0.15) is 38.5 Å². The van der Waals surface area contributed by atoms with Gasteiger partial charge < -0.3 is 15.1 Å². The molecule has 1 unspecified atom stereocenters. The molecule has 1 atom stereocenters. The van der Waals surface area contributed by atoms with Crippen molar-refractivity contribution in [2.24, 2.45) is 0 Å². The van der Waals surface area contributed by atoms with Crippen LogP contribution in [0.15, 0.2) is 0 Å². The third-order valence-corrected chi connectivity index (χ3v) is 4.41. The quantitative estimate of drug-likeness (QED) is 0.759. The molecule has 0 radical (unpaired) electrons.